The van der Waals surface area contributed by atoms with Crippen LogP contribution in [0.4, 0.5) is 0 Å². The maximum absolute atomic E-state index is 12.9. The average molecular weight is 368 g/mol. The third-order valence-corrected chi connectivity index (χ3v) is 5.09. The molecule has 0 aliphatic carbocycles. The van der Waals surface area contributed by atoms with Crippen LogP contribution in [0.1, 0.15) is 17.5 Å². The number of aromatic nitrogens is 2. The molecule has 3 rings (SSSR count). The maximum Gasteiger partial charge on any atom is 0.307 e. The van der Waals surface area contributed by atoms with Crippen LogP contribution in [0, 0.1) is 6.92 Å². The number of esters is 1. The summed E-state index contributed by atoms with van der Waals surface area (Å²) in [6.45, 7) is 2.30. The number of ether oxygens (including phenoxy) is 1. The first kappa shape index (κ1) is 18.2. The number of hydrogen-bond donors (Lipinski definition) is 0. The van der Waals surface area contributed by atoms with Crippen molar-refractivity contribution in [1.82, 2.24) is 9.55 Å². The highest BCUT2D eigenvalue weighted by Gasteiger charge is 2.13. The fourth-order valence-electron chi connectivity index (χ4n) is 2.71. The minimum Gasteiger partial charge on any atom is -0.469 e. The number of benzene rings is 2. The number of thioether (sulfide) groups is 1. The summed E-state index contributed by atoms with van der Waals surface area (Å²) >= 11 is 1.50. The molecule has 0 fully saturated rings. The van der Waals surface area contributed by atoms with Crippen molar-refractivity contribution in [3.8, 4) is 0 Å². The molecule has 2 aromatic carbocycles. The van der Waals surface area contributed by atoms with Crippen molar-refractivity contribution in [2.24, 2.45) is 0 Å². The molecule has 6 heteroatoms. The van der Waals surface area contributed by atoms with Gasteiger partial charge >= 0.3 is 5.97 Å². The molecule has 0 radical (unpaired) electrons. The van der Waals surface area contributed by atoms with Crippen LogP contribution in [-0.2, 0) is 21.8 Å². The molecule has 0 spiro atoms. The molecule has 0 bridgehead atoms. The minimum absolute atomic E-state index is 0.133. The van der Waals surface area contributed by atoms with Crippen LogP contribution < -0.4 is 5.56 Å². The molecule has 0 aliphatic rings. The van der Waals surface area contributed by atoms with E-state index in [4.69, 9.17) is 4.74 Å². The predicted octanol–water partition coefficient (Wildman–Crippen LogP) is 3.56. The molecule has 26 heavy (non-hydrogen) atoms. The van der Waals surface area contributed by atoms with E-state index in [0.29, 0.717) is 21.8 Å². The lowest BCUT2D eigenvalue weighted by Crippen LogP contribution is -2.24. The summed E-state index contributed by atoms with van der Waals surface area (Å²) in [5.74, 6) is 0.352. The van der Waals surface area contributed by atoms with Crippen molar-refractivity contribution in [1.29, 1.82) is 0 Å². The van der Waals surface area contributed by atoms with Crippen LogP contribution in [0.5, 0.6) is 0 Å². The third kappa shape index (κ3) is 4.14. The lowest BCUT2D eigenvalue weighted by Gasteiger charge is -2.13. The van der Waals surface area contributed by atoms with Gasteiger partial charge in [-0.25, -0.2) is 4.98 Å². The average Bonchev–Trinajstić information content (AvgIpc) is 2.65. The van der Waals surface area contributed by atoms with Gasteiger partial charge in [-0.05, 0) is 24.6 Å². The van der Waals surface area contributed by atoms with Crippen molar-refractivity contribution in [3.63, 3.8) is 0 Å². The summed E-state index contributed by atoms with van der Waals surface area (Å²) in [7, 11) is 1.34. The Morgan fingerprint density at radius 3 is 2.77 bits per heavy atom. The standard InChI is InChI=1S/C20H20N2O3S/c1-14-6-5-7-15(12-14)13-26-20-21-17-9-4-3-8-16(17)19(24)22(20)11-10-18(23)25-2/h3-9,12H,10-11,13H2,1-2H3. The fraction of sp³-hybridized carbons (Fsp3) is 0.250. The Balaban J connectivity index is 1.95. The monoisotopic (exact) mass is 368 g/mol. The van der Waals surface area contributed by atoms with E-state index < -0.39 is 0 Å². The zero-order valence-corrected chi connectivity index (χ0v) is 15.6. The lowest BCUT2D eigenvalue weighted by molar-refractivity contribution is -0.140. The van der Waals surface area contributed by atoms with Crippen LogP contribution in [0.15, 0.2) is 58.5 Å². The zero-order valence-electron chi connectivity index (χ0n) is 14.8. The van der Waals surface area contributed by atoms with Crippen molar-refractivity contribution >= 4 is 28.6 Å². The highest BCUT2D eigenvalue weighted by atomic mass is 32.2. The van der Waals surface area contributed by atoms with Crippen LogP contribution in [-0.4, -0.2) is 22.6 Å². The molecule has 0 N–H and O–H groups in total. The summed E-state index contributed by atoms with van der Waals surface area (Å²) < 4.78 is 6.27. The van der Waals surface area contributed by atoms with E-state index in [1.807, 2.05) is 24.3 Å². The van der Waals surface area contributed by atoms with E-state index in [9.17, 15) is 9.59 Å². The Hall–Kier alpha value is -2.60. The summed E-state index contributed by atoms with van der Waals surface area (Å²) in [5.41, 5.74) is 2.89. The summed E-state index contributed by atoms with van der Waals surface area (Å²) in [4.78, 5) is 29.0. The lowest BCUT2D eigenvalue weighted by atomic mass is 10.2. The molecule has 0 aliphatic heterocycles. The van der Waals surface area contributed by atoms with E-state index in [2.05, 4.69) is 30.1 Å². The van der Waals surface area contributed by atoms with E-state index in [-0.39, 0.29) is 24.5 Å². The van der Waals surface area contributed by atoms with Crippen molar-refractivity contribution < 1.29 is 9.53 Å². The Morgan fingerprint density at radius 1 is 1.19 bits per heavy atom. The van der Waals surface area contributed by atoms with Crippen molar-refractivity contribution in [2.45, 2.75) is 30.8 Å². The number of aryl methyl sites for hydroxylation is 1. The number of para-hydroxylation sites is 1. The number of carbonyl (C=O) groups is 1. The molecular formula is C20H20N2O3S. The van der Waals surface area contributed by atoms with Gasteiger partial charge in [0.25, 0.3) is 5.56 Å². The van der Waals surface area contributed by atoms with E-state index >= 15 is 0 Å². The van der Waals surface area contributed by atoms with Gasteiger partial charge in [0, 0.05) is 12.3 Å². The first-order chi connectivity index (χ1) is 12.6. The van der Waals surface area contributed by atoms with Crippen molar-refractivity contribution in [2.75, 3.05) is 7.11 Å². The summed E-state index contributed by atoms with van der Waals surface area (Å²) in [6.07, 6.45) is 0.133. The van der Waals surface area contributed by atoms with Gasteiger partial charge in [-0.3, -0.25) is 14.2 Å². The third-order valence-electron chi connectivity index (χ3n) is 4.04. The first-order valence-electron chi connectivity index (χ1n) is 8.33. The second-order valence-corrected chi connectivity index (χ2v) is 6.91. The molecule has 0 atom stereocenters. The van der Waals surface area contributed by atoms with E-state index in [1.165, 1.54) is 24.4 Å². The molecule has 134 valence electrons. The van der Waals surface area contributed by atoms with Crippen LogP contribution >= 0.6 is 11.8 Å². The number of carbonyl (C=O) groups excluding carboxylic acids is 1. The number of methoxy groups -OCH3 is 1. The van der Waals surface area contributed by atoms with Gasteiger partial charge in [0.05, 0.1) is 24.4 Å². The highest BCUT2D eigenvalue weighted by molar-refractivity contribution is 7.98. The molecule has 1 aromatic heterocycles. The number of nitrogens with zero attached hydrogens (tertiary/aromatic N) is 2. The van der Waals surface area contributed by atoms with E-state index in [1.54, 1.807) is 10.6 Å². The number of rotatable bonds is 6. The molecule has 0 saturated carbocycles. The smallest absolute Gasteiger partial charge is 0.307 e. The molecule has 0 saturated heterocycles. The normalized spacial score (nSPS) is 10.8. The second kappa shape index (κ2) is 8.19. The van der Waals surface area contributed by atoms with Gasteiger partial charge in [0.2, 0.25) is 0 Å². The maximum atomic E-state index is 12.9. The number of hydrogen-bond acceptors (Lipinski definition) is 5. The van der Waals surface area contributed by atoms with E-state index in [0.717, 1.165) is 5.56 Å². The molecule has 0 amide bonds. The Morgan fingerprint density at radius 2 is 2.00 bits per heavy atom. The molecule has 3 aromatic rings. The molecule has 1 heterocycles. The quantitative estimate of drug-likeness (QED) is 0.378. The summed E-state index contributed by atoms with van der Waals surface area (Å²) in [5, 5.41) is 1.16. The van der Waals surface area contributed by atoms with Crippen LogP contribution in [0.25, 0.3) is 10.9 Å². The van der Waals surface area contributed by atoms with Gasteiger partial charge in [0.1, 0.15) is 0 Å². The second-order valence-electron chi connectivity index (χ2n) is 5.97. The summed E-state index contributed by atoms with van der Waals surface area (Å²) in [6, 6.07) is 15.5. The van der Waals surface area contributed by atoms with Gasteiger partial charge in [-0.15, -0.1) is 0 Å². The van der Waals surface area contributed by atoms with Gasteiger partial charge in [-0.1, -0.05) is 53.7 Å². The number of fused-ring (bicyclic) bond motifs is 1. The predicted molar refractivity (Wildman–Crippen MR) is 103 cm³/mol. The topological polar surface area (TPSA) is 61.2 Å². The minimum atomic E-state index is -0.348. The Kier molecular flexibility index (Phi) is 5.73. The zero-order chi connectivity index (χ0) is 18.5. The van der Waals surface area contributed by atoms with Crippen LogP contribution in [0.2, 0.25) is 0 Å². The van der Waals surface area contributed by atoms with Crippen molar-refractivity contribution in [3.05, 3.63) is 70.0 Å². The Labute approximate surface area is 156 Å². The molecule has 5 nitrogen and oxygen atoms in total. The SMILES string of the molecule is COC(=O)CCn1c(SCc2cccc(C)c2)nc2ccccc2c1=O. The van der Waals surface area contributed by atoms with Crippen LogP contribution in [0.3, 0.4) is 0 Å². The highest BCUT2D eigenvalue weighted by Crippen LogP contribution is 2.23. The van der Waals surface area contributed by atoms with Gasteiger partial charge in [-0.2, -0.15) is 0 Å². The largest absolute Gasteiger partial charge is 0.469 e. The molecule has 0 unspecified atom stereocenters. The Bertz CT molecular complexity index is 998. The first-order valence-corrected chi connectivity index (χ1v) is 9.32. The van der Waals surface area contributed by atoms with Gasteiger partial charge < -0.3 is 4.74 Å². The fourth-order valence-corrected chi connectivity index (χ4v) is 3.68. The molecular weight excluding hydrogens is 348 g/mol. The van der Waals surface area contributed by atoms with Gasteiger partial charge in [0.15, 0.2) is 5.16 Å².